The van der Waals surface area contributed by atoms with Crippen LogP contribution in [0.2, 0.25) is 0 Å². The number of furan rings is 1. The zero-order chi connectivity index (χ0) is 15.2. The molecule has 1 aromatic heterocycles. The Morgan fingerprint density at radius 2 is 2.38 bits per heavy atom. The predicted octanol–water partition coefficient (Wildman–Crippen LogP) is 1.86. The number of amides is 2. The van der Waals surface area contributed by atoms with Crippen LogP contribution in [0.25, 0.3) is 0 Å². The molecular formula is C13H14N4O3S. The highest BCUT2D eigenvalue weighted by atomic mass is 32.2. The monoisotopic (exact) mass is 306 g/mol. The van der Waals surface area contributed by atoms with Crippen molar-refractivity contribution in [3.8, 4) is 0 Å². The van der Waals surface area contributed by atoms with E-state index in [2.05, 4.69) is 22.2 Å². The summed E-state index contributed by atoms with van der Waals surface area (Å²) in [5.74, 6) is -0.824. The first-order valence-electron chi connectivity index (χ1n) is 6.40. The molecule has 0 unspecified atom stereocenters. The van der Waals surface area contributed by atoms with E-state index < -0.39 is 11.8 Å². The highest BCUT2D eigenvalue weighted by molar-refractivity contribution is 8.13. The minimum absolute atomic E-state index is 0.00944. The van der Waals surface area contributed by atoms with Crippen molar-refractivity contribution in [2.24, 2.45) is 9.98 Å². The van der Waals surface area contributed by atoms with Gasteiger partial charge in [0.2, 0.25) is 0 Å². The largest absolute Gasteiger partial charge is 0.459 e. The highest BCUT2D eigenvalue weighted by Gasteiger charge is 2.26. The molecule has 0 aliphatic carbocycles. The number of hydrogen-bond donors (Lipinski definition) is 2. The van der Waals surface area contributed by atoms with Crippen molar-refractivity contribution < 1.29 is 14.0 Å². The van der Waals surface area contributed by atoms with Gasteiger partial charge in [0.1, 0.15) is 0 Å². The van der Waals surface area contributed by atoms with Crippen molar-refractivity contribution >= 4 is 40.3 Å². The van der Waals surface area contributed by atoms with E-state index in [1.807, 2.05) is 0 Å². The lowest BCUT2D eigenvalue weighted by Gasteiger charge is -2.14. The third-order valence-electron chi connectivity index (χ3n) is 2.56. The second-order valence-corrected chi connectivity index (χ2v) is 5.25. The molecule has 0 spiro atoms. The molecule has 0 bridgehead atoms. The third kappa shape index (κ3) is 3.88. The number of nitrogens with zero attached hydrogens (tertiary/aromatic N) is 2. The Balaban J connectivity index is 2.11. The Labute approximate surface area is 125 Å². The van der Waals surface area contributed by atoms with E-state index >= 15 is 0 Å². The van der Waals surface area contributed by atoms with E-state index in [0.29, 0.717) is 5.17 Å². The maximum atomic E-state index is 11.9. The van der Waals surface area contributed by atoms with E-state index in [9.17, 15) is 9.59 Å². The zero-order valence-corrected chi connectivity index (χ0v) is 12.2. The maximum Gasteiger partial charge on any atom is 0.313 e. The molecule has 1 aliphatic rings. The van der Waals surface area contributed by atoms with Gasteiger partial charge < -0.3 is 4.42 Å². The molecule has 1 aliphatic heterocycles. The van der Waals surface area contributed by atoms with Crippen LogP contribution in [0.5, 0.6) is 0 Å². The summed E-state index contributed by atoms with van der Waals surface area (Å²) in [6.07, 6.45) is 3.36. The summed E-state index contributed by atoms with van der Waals surface area (Å²) >= 11 is 1.37. The SMILES string of the molecule is CCCCSC1=NC(=N)C(=NC(=O)c2ccco2)C(=O)N1. The zero-order valence-electron chi connectivity index (χ0n) is 11.4. The van der Waals surface area contributed by atoms with E-state index in [0.717, 1.165) is 18.6 Å². The summed E-state index contributed by atoms with van der Waals surface area (Å²) in [5, 5.41) is 10.6. The van der Waals surface area contributed by atoms with Gasteiger partial charge >= 0.3 is 5.91 Å². The average molecular weight is 306 g/mol. The van der Waals surface area contributed by atoms with Crippen LogP contribution in [-0.4, -0.2) is 34.3 Å². The van der Waals surface area contributed by atoms with Crippen molar-refractivity contribution in [3.63, 3.8) is 0 Å². The van der Waals surface area contributed by atoms with Gasteiger partial charge in [-0.2, -0.15) is 4.99 Å². The first kappa shape index (κ1) is 15.2. The van der Waals surface area contributed by atoms with Crippen LogP contribution in [0.15, 0.2) is 32.8 Å². The van der Waals surface area contributed by atoms with Crippen molar-refractivity contribution in [1.82, 2.24) is 5.32 Å². The Bertz CT molecular complexity index is 619. The molecule has 2 N–H and O–H groups in total. The summed E-state index contributed by atoms with van der Waals surface area (Å²) in [5.41, 5.74) is -0.309. The summed E-state index contributed by atoms with van der Waals surface area (Å²) in [6, 6.07) is 2.98. The Morgan fingerprint density at radius 1 is 1.57 bits per heavy atom. The van der Waals surface area contributed by atoms with Gasteiger partial charge in [-0.25, -0.2) is 4.99 Å². The van der Waals surface area contributed by atoms with Gasteiger partial charge in [-0.05, 0) is 18.6 Å². The predicted molar refractivity (Wildman–Crippen MR) is 81.1 cm³/mol. The molecule has 8 heteroatoms. The van der Waals surface area contributed by atoms with Gasteiger partial charge in [-0.3, -0.25) is 20.3 Å². The molecule has 2 rings (SSSR count). The fraction of sp³-hybridized carbons (Fsp3) is 0.308. The lowest BCUT2D eigenvalue weighted by molar-refractivity contribution is -0.113. The Morgan fingerprint density at radius 3 is 3.00 bits per heavy atom. The van der Waals surface area contributed by atoms with Crippen LogP contribution < -0.4 is 5.32 Å². The maximum absolute atomic E-state index is 11.9. The fourth-order valence-electron chi connectivity index (χ4n) is 1.49. The minimum Gasteiger partial charge on any atom is -0.459 e. The number of rotatable bonds is 4. The molecule has 0 radical (unpaired) electrons. The van der Waals surface area contributed by atoms with Crippen LogP contribution in [0, 0.1) is 5.41 Å². The number of carbonyl (C=O) groups excluding carboxylic acids is 2. The van der Waals surface area contributed by atoms with Gasteiger partial charge in [0, 0.05) is 5.75 Å². The summed E-state index contributed by atoms with van der Waals surface area (Å²) < 4.78 is 4.90. The van der Waals surface area contributed by atoms with Crippen molar-refractivity contribution in [2.45, 2.75) is 19.8 Å². The highest BCUT2D eigenvalue weighted by Crippen LogP contribution is 2.10. The first-order chi connectivity index (χ1) is 10.1. The van der Waals surface area contributed by atoms with Crippen LogP contribution >= 0.6 is 11.8 Å². The number of unbranched alkanes of at least 4 members (excludes halogenated alkanes) is 1. The molecule has 2 heterocycles. The van der Waals surface area contributed by atoms with Crippen LogP contribution in [-0.2, 0) is 4.79 Å². The van der Waals surface area contributed by atoms with E-state index in [1.165, 1.54) is 24.1 Å². The van der Waals surface area contributed by atoms with Gasteiger partial charge in [-0.1, -0.05) is 25.1 Å². The fourth-order valence-corrected chi connectivity index (χ4v) is 2.44. The van der Waals surface area contributed by atoms with Crippen molar-refractivity contribution in [1.29, 1.82) is 5.41 Å². The van der Waals surface area contributed by atoms with Crippen LogP contribution in [0.1, 0.15) is 30.3 Å². The van der Waals surface area contributed by atoms with Gasteiger partial charge in [0.05, 0.1) is 6.26 Å². The molecule has 2 amide bonds. The van der Waals surface area contributed by atoms with Crippen LogP contribution in [0.4, 0.5) is 0 Å². The van der Waals surface area contributed by atoms with E-state index in [-0.39, 0.29) is 17.3 Å². The number of thioether (sulfide) groups is 1. The molecule has 21 heavy (non-hydrogen) atoms. The topological polar surface area (TPSA) is 108 Å². The number of carbonyl (C=O) groups is 2. The van der Waals surface area contributed by atoms with Gasteiger partial charge in [0.15, 0.2) is 22.5 Å². The third-order valence-corrected chi connectivity index (χ3v) is 3.51. The molecular weight excluding hydrogens is 292 g/mol. The number of amidine groups is 2. The number of hydrogen-bond acceptors (Lipinski definition) is 5. The summed E-state index contributed by atoms with van der Waals surface area (Å²) in [7, 11) is 0. The molecule has 0 saturated carbocycles. The average Bonchev–Trinajstić information content (AvgIpc) is 2.97. The number of nitrogens with one attached hydrogen (secondary N) is 2. The van der Waals surface area contributed by atoms with Gasteiger partial charge in [0.25, 0.3) is 5.91 Å². The van der Waals surface area contributed by atoms with Crippen molar-refractivity contribution in [2.75, 3.05) is 5.75 Å². The quantitative estimate of drug-likeness (QED) is 0.827. The molecule has 0 atom stereocenters. The lowest BCUT2D eigenvalue weighted by atomic mass is 10.3. The number of aliphatic imine (C=N–C) groups is 2. The minimum atomic E-state index is -0.716. The van der Waals surface area contributed by atoms with Crippen LogP contribution in [0.3, 0.4) is 0 Å². The second kappa shape index (κ2) is 6.98. The molecule has 0 aromatic carbocycles. The smallest absolute Gasteiger partial charge is 0.313 e. The lowest BCUT2D eigenvalue weighted by Crippen LogP contribution is -2.43. The first-order valence-corrected chi connectivity index (χ1v) is 7.38. The molecule has 110 valence electrons. The van der Waals surface area contributed by atoms with Gasteiger partial charge in [-0.15, -0.1) is 0 Å². The van der Waals surface area contributed by atoms with E-state index in [1.54, 1.807) is 6.07 Å². The van der Waals surface area contributed by atoms with E-state index in [4.69, 9.17) is 9.83 Å². The normalized spacial score (nSPS) is 16.8. The summed E-state index contributed by atoms with van der Waals surface area (Å²) in [6.45, 7) is 2.06. The summed E-state index contributed by atoms with van der Waals surface area (Å²) in [4.78, 5) is 31.2. The second-order valence-electron chi connectivity index (χ2n) is 4.16. The molecule has 7 nitrogen and oxygen atoms in total. The Hall–Kier alpha value is -2.22. The molecule has 0 saturated heterocycles. The Kier molecular flexibility index (Phi) is 5.04. The van der Waals surface area contributed by atoms with Crippen molar-refractivity contribution in [3.05, 3.63) is 24.2 Å². The standard InChI is InChI=1S/C13H14N4O3S/c1-2-3-7-21-13-16-10(14)9(12(19)17-13)15-11(18)8-5-4-6-20-8/h4-6H,2-3,7H2,1H3,(H2,14,16,17,19). The molecule has 1 aromatic rings. The molecule has 0 fully saturated rings.